The summed E-state index contributed by atoms with van der Waals surface area (Å²) in [5.41, 5.74) is 3.10. The molecule has 41 heavy (non-hydrogen) atoms. The van der Waals surface area contributed by atoms with Crippen molar-refractivity contribution < 1.29 is 27.8 Å². The van der Waals surface area contributed by atoms with Crippen molar-refractivity contribution in [2.75, 3.05) is 24.6 Å². The Morgan fingerprint density at radius 3 is 2.27 bits per heavy atom. The smallest absolute Gasteiger partial charge is 0.340 e. The summed E-state index contributed by atoms with van der Waals surface area (Å²) in [4.78, 5) is 25.1. The van der Waals surface area contributed by atoms with Crippen molar-refractivity contribution in [2.45, 2.75) is 112 Å². The van der Waals surface area contributed by atoms with Crippen molar-refractivity contribution in [3.8, 4) is 17.0 Å². The number of piperidine rings is 1. The van der Waals surface area contributed by atoms with Gasteiger partial charge in [0.05, 0.1) is 29.3 Å². The highest BCUT2D eigenvalue weighted by molar-refractivity contribution is 5.86. The van der Waals surface area contributed by atoms with Crippen LogP contribution in [0.25, 0.3) is 11.3 Å². The maximum absolute atomic E-state index is 13.7. The van der Waals surface area contributed by atoms with Gasteiger partial charge >= 0.3 is 5.97 Å². The average molecular weight is 576 g/mol. The van der Waals surface area contributed by atoms with Crippen LogP contribution in [-0.2, 0) is 14.3 Å². The molecule has 9 heteroatoms. The predicted molar refractivity (Wildman–Crippen MR) is 158 cm³/mol. The van der Waals surface area contributed by atoms with Crippen LogP contribution < -0.4 is 9.64 Å². The lowest BCUT2D eigenvalue weighted by molar-refractivity contribution is -0.171. The van der Waals surface area contributed by atoms with Crippen molar-refractivity contribution in [3.63, 3.8) is 0 Å². The van der Waals surface area contributed by atoms with E-state index in [1.165, 1.54) is 13.1 Å². The number of aromatic nitrogens is 2. The van der Waals surface area contributed by atoms with E-state index >= 15 is 0 Å². The molecule has 0 N–H and O–H groups in total. The average Bonchev–Trinajstić information content (AvgIpc) is 2.90. The van der Waals surface area contributed by atoms with Gasteiger partial charge in [0.1, 0.15) is 5.75 Å². The molecule has 1 aliphatic heterocycles. The molecule has 0 aromatic carbocycles. The second kappa shape index (κ2) is 13.0. The van der Waals surface area contributed by atoms with E-state index in [2.05, 4.69) is 28.7 Å². The molecular weight excluding hydrogens is 528 g/mol. The number of aryl methyl sites for hydroxylation is 1. The minimum absolute atomic E-state index is 0.245. The third kappa shape index (κ3) is 8.60. The largest absolute Gasteiger partial charge is 0.486 e. The normalized spacial score (nSPS) is 16.5. The summed E-state index contributed by atoms with van der Waals surface area (Å²) >= 11 is 0. The molecular formula is C32H47F2N3O4. The van der Waals surface area contributed by atoms with E-state index in [1.807, 2.05) is 41.5 Å². The van der Waals surface area contributed by atoms with Crippen molar-refractivity contribution in [2.24, 2.45) is 5.41 Å². The number of ether oxygens (including phenoxy) is 3. The topological polar surface area (TPSA) is 73.8 Å². The Morgan fingerprint density at radius 1 is 1.10 bits per heavy atom. The number of hydrogen-bond donors (Lipinski definition) is 0. The minimum Gasteiger partial charge on any atom is -0.486 e. The molecule has 0 aliphatic carbocycles. The van der Waals surface area contributed by atoms with E-state index in [9.17, 15) is 13.6 Å². The summed E-state index contributed by atoms with van der Waals surface area (Å²) < 4.78 is 44.9. The zero-order chi connectivity index (χ0) is 30.6. The lowest BCUT2D eigenvalue weighted by atomic mass is 9.78. The number of alkyl halides is 2. The van der Waals surface area contributed by atoms with Gasteiger partial charge in [-0.25, -0.2) is 13.6 Å². The Balaban J connectivity index is 2.14. The zero-order valence-corrected chi connectivity index (χ0v) is 26.1. The van der Waals surface area contributed by atoms with Crippen molar-refractivity contribution in [3.05, 3.63) is 35.8 Å². The first-order valence-corrected chi connectivity index (χ1v) is 14.7. The SMILES string of the molecule is CCC(F)(F)COc1ccc(-c2cnc(C)c([C@H](OC(C)(C)C)C(=O)OC(C)C)c2N2CCC(C)(CC)CC2)nc1. The van der Waals surface area contributed by atoms with Gasteiger partial charge in [-0.2, -0.15) is 0 Å². The molecule has 1 saturated heterocycles. The van der Waals surface area contributed by atoms with Crippen LogP contribution in [0.15, 0.2) is 24.5 Å². The van der Waals surface area contributed by atoms with E-state index < -0.39 is 30.2 Å². The first kappa shape index (κ1) is 32.7. The molecule has 2 aromatic rings. The highest BCUT2D eigenvalue weighted by Crippen LogP contribution is 2.44. The quantitative estimate of drug-likeness (QED) is 0.254. The van der Waals surface area contributed by atoms with Crippen LogP contribution in [0, 0.1) is 12.3 Å². The van der Waals surface area contributed by atoms with Gasteiger partial charge in [0.2, 0.25) is 0 Å². The number of carbonyl (C=O) groups is 1. The first-order chi connectivity index (χ1) is 19.1. The van der Waals surface area contributed by atoms with Gasteiger partial charge in [-0.3, -0.25) is 9.97 Å². The van der Waals surface area contributed by atoms with E-state index in [-0.39, 0.29) is 23.7 Å². The molecule has 0 radical (unpaired) electrons. The van der Waals surface area contributed by atoms with Crippen LogP contribution in [0.5, 0.6) is 5.75 Å². The Labute approximate surface area is 244 Å². The Hall–Kier alpha value is -2.81. The number of nitrogens with zero attached hydrogens (tertiary/aromatic N) is 3. The van der Waals surface area contributed by atoms with Gasteiger partial charge < -0.3 is 19.1 Å². The number of halogens is 2. The van der Waals surface area contributed by atoms with Gasteiger partial charge in [0.25, 0.3) is 5.92 Å². The van der Waals surface area contributed by atoms with E-state index in [4.69, 9.17) is 14.2 Å². The van der Waals surface area contributed by atoms with E-state index in [1.54, 1.807) is 18.3 Å². The van der Waals surface area contributed by atoms with Gasteiger partial charge in [0.15, 0.2) is 12.7 Å². The van der Waals surface area contributed by atoms with Crippen molar-refractivity contribution in [1.82, 2.24) is 9.97 Å². The molecule has 3 heterocycles. The lowest BCUT2D eigenvalue weighted by Gasteiger charge is -2.42. The van der Waals surface area contributed by atoms with Crippen LogP contribution in [0.3, 0.4) is 0 Å². The molecule has 0 amide bonds. The molecule has 1 atom stereocenters. The second-order valence-electron chi connectivity index (χ2n) is 12.6. The van der Waals surface area contributed by atoms with Crippen LogP contribution in [0.2, 0.25) is 0 Å². The van der Waals surface area contributed by atoms with E-state index in [0.29, 0.717) is 17.0 Å². The first-order valence-electron chi connectivity index (χ1n) is 14.7. The van der Waals surface area contributed by atoms with Crippen LogP contribution in [-0.4, -0.2) is 53.3 Å². The molecule has 0 bridgehead atoms. The van der Waals surface area contributed by atoms with Crippen LogP contribution >= 0.6 is 0 Å². The predicted octanol–water partition coefficient (Wildman–Crippen LogP) is 7.70. The summed E-state index contributed by atoms with van der Waals surface area (Å²) in [6.07, 6.45) is 4.67. The van der Waals surface area contributed by atoms with Gasteiger partial charge in [-0.1, -0.05) is 27.2 Å². The molecule has 7 nitrogen and oxygen atoms in total. The standard InChI is InChI=1S/C32H47F2N3O4/c1-10-31(9)14-16-37(17-15-31)27-24(25-13-12-23(18-36-25)39-20-32(33,34)11-2)19-35-22(5)26(27)28(41-30(6,7)8)29(38)40-21(3)4/h12-13,18-19,21,28H,10-11,14-17,20H2,1-9H3/t28-/m0/s1. The van der Waals surface area contributed by atoms with Gasteiger partial charge in [0, 0.05) is 42.5 Å². The molecule has 228 valence electrons. The highest BCUT2D eigenvalue weighted by atomic mass is 19.3. The summed E-state index contributed by atoms with van der Waals surface area (Å²) in [6.45, 7) is 18.1. The van der Waals surface area contributed by atoms with Crippen molar-refractivity contribution in [1.29, 1.82) is 0 Å². The molecule has 1 aliphatic rings. The second-order valence-corrected chi connectivity index (χ2v) is 12.6. The van der Waals surface area contributed by atoms with Gasteiger partial charge in [-0.15, -0.1) is 0 Å². The fraction of sp³-hybridized carbons (Fsp3) is 0.656. The van der Waals surface area contributed by atoms with E-state index in [0.717, 1.165) is 43.6 Å². The monoisotopic (exact) mass is 575 g/mol. The Bertz CT molecular complexity index is 1170. The summed E-state index contributed by atoms with van der Waals surface area (Å²) in [5, 5.41) is 0. The fourth-order valence-corrected chi connectivity index (χ4v) is 4.86. The van der Waals surface area contributed by atoms with Crippen LogP contribution in [0.4, 0.5) is 14.5 Å². The Morgan fingerprint density at radius 2 is 1.76 bits per heavy atom. The summed E-state index contributed by atoms with van der Waals surface area (Å²) in [7, 11) is 0. The minimum atomic E-state index is -2.91. The summed E-state index contributed by atoms with van der Waals surface area (Å²) in [6, 6.07) is 3.38. The molecule has 0 spiro atoms. The third-order valence-corrected chi connectivity index (χ3v) is 7.71. The Kier molecular flexibility index (Phi) is 10.4. The molecule has 0 saturated carbocycles. The number of hydrogen-bond acceptors (Lipinski definition) is 7. The van der Waals surface area contributed by atoms with Crippen LogP contribution in [0.1, 0.15) is 98.4 Å². The molecule has 2 aromatic heterocycles. The van der Waals surface area contributed by atoms with Gasteiger partial charge in [-0.05, 0) is 71.9 Å². The third-order valence-electron chi connectivity index (χ3n) is 7.71. The number of carbonyl (C=O) groups excluding carboxylic acids is 1. The van der Waals surface area contributed by atoms with Crippen molar-refractivity contribution >= 4 is 11.7 Å². The maximum atomic E-state index is 13.7. The number of rotatable bonds is 11. The number of esters is 1. The molecule has 1 fully saturated rings. The zero-order valence-electron chi connectivity index (χ0n) is 26.1. The highest BCUT2D eigenvalue weighted by Gasteiger charge is 2.37. The number of pyridine rings is 2. The molecule has 3 rings (SSSR count). The summed E-state index contributed by atoms with van der Waals surface area (Å²) in [5.74, 6) is -3.12. The maximum Gasteiger partial charge on any atom is 0.340 e. The number of anilines is 1. The molecule has 0 unspecified atom stereocenters. The lowest BCUT2D eigenvalue weighted by Crippen LogP contribution is -2.40. The fourth-order valence-electron chi connectivity index (χ4n) is 4.86.